The predicted molar refractivity (Wildman–Crippen MR) is 81.5 cm³/mol. The molecule has 0 aliphatic carbocycles. The van der Waals surface area contributed by atoms with Crippen LogP contribution in [0.3, 0.4) is 0 Å². The molecule has 5 nitrogen and oxygen atoms in total. The smallest absolute Gasteiger partial charge is 0.380 e. The molecule has 1 atom stereocenters. The molecule has 3 aromatic rings. The predicted octanol–water partition coefficient (Wildman–Crippen LogP) is 3.99. The first-order valence-electron chi connectivity index (χ1n) is 7.35. The third-order valence-electron chi connectivity index (χ3n) is 3.68. The van der Waals surface area contributed by atoms with Gasteiger partial charge >= 0.3 is 6.18 Å². The molecule has 0 aliphatic heterocycles. The van der Waals surface area contributed by atoms with Gasteiger partial charge < -0.3 is 4.74 Å². The lowest BCUT2D eigenvalue weighted by Crippen LogP contribution is -2.10. The number of halogens is 4. The zero-order valence-electron chi connectivity index (χ0n) is 13.4. The number of methoxy groups -OCH3 is 1. The Balaban J connectivity index is 2.11. The van der Waals surface area contributed by atoms with Gasteiger partial charge in [0, 0.05) is 18.9 Å². The molecule has 0 saturated heterocycles. The normalized spacial score (nSPS) is 13.4. The highest BCUT2D eigenvalue weighted by Gasteiger charge is 2.33. The van der Waals surface area contributed by atoms with Crippen LogP contribution in [0.1, 0.15) is 30.0 Å². The van der Waals surface area contributed by atoms with Crippen molar-refractivity contribution >= 4 is 5.65 Å². The van der Waals surface area contributed by atoms with Crippen molar-refractivity contribution in [1.82, 2.24) is 19.6 Å². The van der Waals surface area contributed by atoms with Gasteiger partial charge in [0.25, 0.3) is 0 Å². The SMILES string of the molecule is COCc1cc(-c2cn3c(C(C)F)nnc3cn2)ccc1C(F)(F)F. The topological polar surface area (TPSA) is 52.3 Å². The second kappa shape index (κ2) is 6.40. The fourth-order valence-electron chi connectivity index (χ4n) is 2.54. The van der Waals surface area contributed by atoms with Gasteiger partial charge in [0.15, 0.2) is 17.6 Å². The molecule has 3 rings (SSSR count). The maximum atomic E-state index is 13.6. The third kappa shape index (κ3) is 3.32. The molecule has 0 bridgehead atoms. The summed E-state index contributed by atoms with van der Waals surface area (Å²) in [6, 6.07) is 3.67. The zero-order chi connectivity index (χ0) is 18.2. The van der Waals surface area contributed by atoms with Crippen molar-refractivity contribution in [3.8, 4) is 11.3 Å². The van der Waals surface area contributed by atoms with Crippen LogP contribution >= 0.6 is 0 Å². The average molecular weight is 354 g/mol. The molecule has 2 aromatic heterocycles. The van der Waals surface area contributed by atoms with Gasteiger partial charge in [0.1, 0.15) is 0 Å². The Morgan fingerprint density at radius 2 is 2.00 bits per heavy atom. The summed E-state index contributed by atoms with van der Waals surface area (Å²) in [5.74, 6) is 0.0997. The second-order valence-corrected chi connectivity index (χ2v) is 5.48. The van der Waals surface area contributed by atoms with Gasteiger partial charge in [-0.25, -0.2) is 4.39 Å². The molecule has 132 valence electrons. The van der Waals surface area contributed by atoms with E-state index in [4.69, 9.17) is 4.74 Å². The van der Waals surface area contributed by atoms with Gasteiger partial charge in [-0.1, -0.05) is 6.07 Å². The Labute approximate surface area is 140 Å². The Morgan fingerprint density at radius 1 is 1.24 bits per heavy atom. The van der Waals surface area contributed by atoms with Crippen LogP contribution in [-0.2, 0) is 17.5 Å². The van der Waals surface area contributed by atoms with E-state index in [0.717, 1.165) is 6.07 Å². The number of alkyl halides is 4. The summed E-state index contributed by atoms with van der Waals surface area (Å²) in [5.41, 5.74) is 0.416. The summed E-state index contributed by atoms with van der Waals surface area (Å²) in [7, 11) is 1.32. The molecule has 0 saturated carbocycles. The van der Waals surface area contributed by atoms with Gasteiger partial charge in [-0.3, -0.25) is 9.38 Å². The van der Waals surface area contributed by atoms with E-state index in [-0.39, 0.29) is 18.0 Å². The van der Waals surface area contributed by atoms with Crippen LogP contribution in [0.4, 0.5) is 17.6 Å². The van der Waals surface area contributed by atoms with Crippen LogP contribution < -0.4 is 0 Å². The number of nitrogens with zero attached hydrogens (tertiary/aromatic N) is 4. The Bertz CT molecular complexity index is 905. The minimum absolute atomic E-state index is 0.00256. The minimum Gasteiger partial charge on any atom is -0.380 e. The van der Waals surface area contributed by atoms with Crippen LogP contribution in [0.2, 0.25) is 0 Å². The van der Waals surface area contributed by atoms with Crippen LogP contribution in [0.5, 0.6) is 0 Å². The molecule has 0 fully saturated rings. The van der Waals surface area contributed by atoms with Gasteiger partial charge in [-0.2, -0.15) is 13.2 Å². The molecular formula is C16H14F4N4O. The standard InChI is InChI=1S/C16H14F4N4O/c1-9(17)15-23-22-14-6-21-13(7-24(14)15)10-3-4-12(16(18,19)20)11(5-10)8-25-2/h3-7,9H,8H2,1-2H3. The van der Waals surface area contributed by atoms with E-state index in [1.807, 2.05) is 0 Å². The van der Waals surface area contributed by atoms with Gasteiger partial charge in [0.2, 0.25) is 0 Å². The third-order valence-corrected chi connectivity index (χ3v) is 3.68. The molecule has 1 aromatic carbocycles. The number of benzene rings is 1. The lowest BCUT2D eigenvalue weighted by molar-refractivity contribution is -0.138. The van der Waals surface area contributed by atoms with Gasteiger partial charge in [0.05, 0.1) is 24.1 Å². The zero-order valence-corrected chi connectivity index (χ0v) is 13.4. The Hall–Kier alpha value is -2.55. The highest BCUT2D eigenvalue weighted by Crippen LogP contribution is 2.34. The average Bonchev–Trinajstić information content (AvgIpc) is 2.97. The summed E-state index contributed by atoms with van der Waals surface area (Å²) in [4.78, 5) is 4.18. The monoisotopic (exact) mass is 354 g/mol. The number of rotatable bonds is 4. The highest BCUT2D eigenvalue weighted by molar-refractivity contribution is 5.62. The van der Waals surface area contributed by atoms with E-state index in [1.165, 1.54) is 43.0 Å². The summed E-state index contributed by atoms with van der Waals surface area (Å²) < 4.78 is 59.1. The number of ether oxygens (including phenoxy) is 1. The van der Waals surface area contributed by atoms with Crippen LogP contribution in [0.25, 0.3) is 16.9 Å². The van der Waals surface area contributed by atoms with Crippen molar-refractivity contribution in [2.45, 2.75) is 25.9 Å². The van der Waals surface area contributed by atoms with E-state index in [2.05, 4.69) is 15.2 Å². The fourth-order valence-corrected chi connectivity index (χ4v) is 2.54. The summed E-state index contributed by atoms with van der Waals surface area (Å²) in [6.07, 6.45) is -2.93. The first-order chi connectivity index (χ1) is 11.8. The molecule has 0 aliphatic rings. The number of fused-ring (bicyclic) bond motifs is 1. The highest BCUT2D eigenvalue weighted by atomic mass is 19.4. The van der Waals surface area contributed by atoms with Crippen LogP contribution in [0.15, 0.2) is 30.6 Å². The number of hydrogen-bond donors (Lipinski definition) is 0. The van der Waals surface area contributed by atoms with Gasteiger partial charge in [-0.05, 0) is 24.6 Å². The summed E-state index contributed by atoms with van der Waals surface area (Å²) in [6.45, 7) is 1.13. The van der Waals surface area contributed by atoms with Crippen molar-refractivity contribution < 1.29 is 22.3 Å². The molecule has 1 unspecified atom stereocenters. The van der Waals surface area contributed by atoms with E-state index in [9.17, 15) is 17.6 Å². The molecule has 0 radical (unpaired) electrons. The quantitative estimate of drug-likeness (QED) is 0.665. The van der Waals surface area contributed by atoms with Crippen molar-refractivity contribution in [2.75, 3.05) is 7.11 Å². The first-order valence-corrected chi connectivity index (χ1v) is 7.35. The molecule has 0 amide bonds. The van der Waals surface area contributed by atoms with Crippen LogP contribution in [-0.4, -0.2) is 26.7 Å². The minimum atomic E-state index is -4.48. The van der Waals surface area contributed by atoms with E-state index in [0.29, 0.717) is 16.9 Å². The van der Waals surface area contributed by atoms with E-state index < -0.39 is 17.9 Å². The largest absolute Gasteiger partial charge is 0.416 e. The van der Waals surface area contributed by atoms with Crippen molar-refractivity contribution in [3.05, 3.63) is 47.5 Å². The van der Waals surface area contributed by atoms with Gasteiger partial charge in [-0.15, -0.1) is 10.2 Å². The first kappa shape index (κ1) is 17.3. The lowest BCUT2D eigenvalue weighted by atomic mass is 10.0. The summed E-state index contributed by atoms with van der Waals surface area (Å²) >= 11 is 0. The molecule has 0 N–H and O–H groups in total. The maximum Gasteiger partial charge on any atom is 0.416 e. The Kier molecular flexibility index (Phi) is 4.42. The lowest BCUT2D eigenvalue weighted by Gasteiger charge is -2.14. The van der Waals surface area contributed by atoms with E-state index >= 15 is 0 Å². The van der Waals surface area contributed by atoms with E-state index in [1.54, 1.807) is 0 Å². The molecule has 0 spiro atoms. The van der Waals surface area contributed by atoms with Crippen molar-refractivity contribution in [1.29, 1.82) is 0 Å². The summed E-state index contributed by atoms with van der Waals surface area (Å²) in [5, 5.41) is 7.56. The Morgan fingerprint density at radius 3 is 2.64 bits per heavy atom. The molecule has 2 heterocycles. The van der Waals surface area contributed by atoms with Crippen molar-refractivity contribution in [3.63, 3.8) is 0 Å². The van der Waals surface area contributed by atoms with Crippen LogP contribution in [0, 0.1) is 0 Å². The maximum absolute atomic E-state index is 13.6. The number of aromatic nitrogens is 4. The number of hydrogen-bond acceptors (Lipinski definition) is 4. The second-order valence-electron chi connectivity index (χ2n) is 5.48. The van der Waals surface area contributed by atoms with Crippen molar-refractivity contribution in [2.24, 2.45) is 0 Å². The molecule has 25 heavy (non-hydrogen) atoms. The molecule has 9 heteroatoms. The molecular weight excluding hydrogens is 340 g/mol. The fraction of sp³-hybridized carbons (Fsp3) is 0.312.